The van der Waals surface area contributed by atoms with Gasteiger partial charge < -0.3 is 15.3 Å². The number of hydrogen-bond donors (Lipinski definition) is 2. The number of dihydropyridines is 1. The minimum absolute atomic E-state index is 0. The number of likely N-dealkylation sites (tertiary alicyclic amines) is 1. The average molecular weight is 638 g/mol. The molecule has 1 saturated heterocycles. The number of halogens is 4. The number of fused-ring (bicyclic) bond motifs is 1. The topological polar surface area (TPSA) is 52.6 Å². The summed E-state index contributed by atoms with van der Waals surface area (Å²) in [6, 6.07) is 12.8. The predicted octanol–water partition coefficient (Wildman–Crippen LogP) is 8.39. The number of rotatable bonds is 8. The molecular weight excluding hydrogens is 591 g/mol. The molecule has 0 aromatic heterocycles. The number of carbonyl (C=O) groups is 1. The SMILES string of the molecule is CC.CC.CC1C=C(C2=C(c3ccc(CC4CN(CCCF)C4)cc3)c3ccc(C(=O)O)cc3CCC2)C=C(C(F)(F)F)N1.[Na]. The van der Waals surface area contributed by atoms with Crippen molar-refractivity contribution >= 4 is 41.1 Å². The molecule has 0 bridgehead atoms. The second-order valence-corrected chi connectivity index (χ2v) is 11.1. The van der Waals surface area contributed by atoms with Crippen molar-refractivity contribution in [1.82, 2.24) is 10.2 Å². The fourth-order valence-electron chi connectivity index (χ4n) is 6.10. The van der Waals surface area contributed by atoms with Gasteiger partial charge in [-0.2, -0.15) is 13.2 Å². The molecule has 0 spiro atoms. The molecule has 2 aliphatic heterocycles. The minimum atomic E-state index is -4.49. The number of nitrogens with one attached hydrogen (secondary N) is 1. The van der Waals surface area contributed by atoms with Crippen molar-refractivity contribution in [2.75, 3.05) is 26.3 Å². The summed E-state index contributed by atoms with van der Waals surface area (Å²) in [7, 11) is 0. The molecule has 0 saturated carbocycles. The van der Waals surface area contributed by atoms with Crippen LogP contribution in [0.2, 0.25) is 0 Å². The molecule has 2 aromatic rings. The van der Waals surface area contributed by atoms with E-state index in [9.17, 15) is 27.5 Å². The van der Waals surface area contributed by atoms with Crippen LogP contribution in [0.1, 0.15) is 86.5 Å². The van der Waals surface area contributed by atoms with Gasteiger partial charge in [0.15, 0.2) is 0 Å². The zero-order valence-corrected chi connectivity index (χ0v) is 29.5. The third-order valence-electron chi connectivity index (χ3n) is 7.97. The maximum Gasteiger partial charge on any atom is 0.430 e. The number of aryl methyl sites for hydroxylation is 1. The Morgan fingerprint density at radius 1 is 1.02 bits per heavy atom. The van der Waals surface area contributed by atoms with Crippen molar-refractivity contribution < 1.29 is 27.5 Å². The molecule has 1 fully saturated rings. The number of nitrogens with zero attached hydrogens (tertiary/aromatic N) is 1. The van der Waals surface area contributed by atoms with E-state index in [1.807, 2.05) is 45.9 Å². The fraction of sp³-hybridized carbons (Fsp3) is 0.472. The number of aromatic carboxylic acids is 1. The Bertz CT molecular complexity index is 1360. The van der Waals surface area contributed by atoms with Crippen molar-refractivity contribution in [2.24, 2.45) is 5.92 Å². The van der Waals surface area contributed by atoms with Gasteiger partial charge in [0.2, 0.25) is 0 Å². The normalized spacial score (nSPS) is 18.2. The maximum atomic E-state index is 13.7. The number of carboxylic acid groups (broad SMARTS) is 1. The molecule has 3 aliphatic rings. The molecule has 241 valence electrons. The van der Waals surface area contributed by atoms with Crippen molar-refractivity contribution in [3.63, 3.8) is 0 Å². The van der Waals surface area contributed by atoms with Crippen LogP contribution in [0.4, 0.5) is 17.6 Å². The van der Waals surface area contributed by atoms with E-state index in [-0.39, 0.29) is 41.8 Å². The van der Waals surface area contributed by atoms with Crippen LogP contribution in [0.3, 0.4) is 0 Å². The molecular formula is C36H46F4N2NaO2. The Balaban J connectivity index is 0.00000136. The van der Waals surface area contributed by atoms with Crippen molar-refractivity contribution in [3.8, 4) is 0 Å². The molecule has 1 radical (unpaired) electrons. The third kappa shape index (κ3) is 10.0. The molecule has 1 atom stereocenters. The Morgan fingerprint density at radius 2 is 1.69 bits per heavy atom. The first kappa shape index (κ1) is 38.8. The quantitative estimate of drug-likeness (QED) is 0.226. The van der Waals surface area contributed by atoms with Crippen LogP contribution in [0.15, 0.2) is 71.5 Å². The van der Waals surface area contributed by atoms with Gasteiger partial charge in [0.05, 0.1) is 12.2 Å². The molecule has 45 heavy (non-hydrogen) atoms. The van der Waals surface area contributed by atoms with Gasteiger partial charge in [0.25, 0.3) is 0 Å². The molecule has 5 rings (SSSR count). The smallest absolute Gasteiger partial charge is 0.430 e. The largest absolute Gasteiger partial charge is 0.478 e. The van der Waals surface area contributed by atoms with Crippen LogP contribution < -0.4 is 5.32 Å². The fourth-order valence-corrected chi connectivity index (χ4v) is 6.10. The molecule has 2 heterocycles. The van der Waals surface area contributed by atoms with Crippen molar-refractivity contribution in [2.45, 2.75) is 78.9 Å². The number of carboxylic acids is 1. The average Bonchev–Trinajstić information content (AvgIpc) is 3.19. The van der Waals surface area contributed by atoms with Crippen LogP contribution in [0, 0.1) is 5.92 Å². The number of allylic oxidation sites excluding steroid dienone is 4. The Hall–Kier alpha value is -2.39. The van der Waals surface area contributed by atoms with Gasteiger partial charge in [-0.1, -0.05) is 64.1 Å². The van der Waals surface area contributed by atoms with E-state index in [0.29, 0.717) is 37.2 Å². The zero-order chi connectivity index (χ0) is 32.4. The van der Waals surface area contributed by atoms with Crippen LogP contribution >= 0.6 is 0 Å². The van der Waals surface area contributed by atoms with Gasteiger partial charge in [0, 0.05) is 55.2 Å². The van der Waals surface area contributed by atoms with E-state index < -0.39 is 23.9 Å². The molecule has 0 amide bonds. The van der Waals surface area contributed by atoms with E-state index in [4.69, 9.17) is 0 Å². The Kier molecular flexibility index (Phi) is 15.6. The predicted molar refractivity (Wildman–Crippen MR) is 176 cm³/mol. The van der Waals surface area contributed by atoms with E-state index in [1.165, 1.54) is 11.6 Å². The van der Waals surface area contributed by atoms with E-state index in [1.54, 1.807) is 25.1 Å². The number of benzene rings is 2. The van der Waals surface area contributed by atoms with Crippen molar-refractivity contribution in [1.29, 1.82) is 0 Å². The molecule has 1 aliphatic carbocycles. The monoisotopic (exact) mass is 637 g/mol. The summed E-state index contributed by atoms with van der Waals surface area (Å²) in [5.74, 6) is -0.477. The van der Waals surface area contributed by atoms with E-state index >= 15 is 0 Å². The summed E-state index contributed by atoms with van der Waals surface area (Å²) in [6.45, 7) is 12.1. The van der Waals surface area contributed by atoms with Gasteiger partial charge in [-0.25, -0.2) is 4.79 Å². The molecule has 2 N–H and O–H groups in total. The summed E-state index contributed by atoms with van der Waals surface area (Å²) in [5.41, 5.74) is 5.53. The molecule has 2 aromatic carbocycles. The first-order valence-electron chi connectivity index (χ1n) is 15.9. The maximum absolute atomic E-state index is 13.7. The summed E-state index contributed by atoms with van der Waals surface area (Å²) in [5, 5.41) is 12.1. The molecule has 1 unspecified atom stereocenters. The van der Waals surface area contributed by atoms with E-state index in [0.717, 1.165) is 53.9 Å². The van der Waals surface area contributed by atoms with Crippen molar-refractivity contribution in [3.05, 3.63) is 99.3 Å². The second-order valence-electron chi connectivity index (χ2n) is 11.1. The summed E-state index contributed by atoms with van der Waals surface area (Å²) in [4.78, 5) is 13.9. The Morgan fingerprint density at radius 3 is 2.29 bits per heavy atom. The van der Waals surface area contributed by atoms with Crippen LogP contribution in [-0.2, 0) is 12.8 Å². The summed E-state index contributed by atoms with van der Waals surface area (Å²) < 4.78 is 53.6. The first-order valence-corrected chi connectivity index (χ1v) is 15.9. The minimum Gasteiger partial charge on any atom is -0.478 e. The van der Waals surface area contributed by atoms with Gasteiger partial charge in [-0.05, 0) is 102 Å². The Labute approximate surface area is 288 Å². The molecule has 4 nitrogen and oxygen atoms in total. The van der Waals surface area contributed by atoms with E-state index in [2.05, 4.69) is 22.3 Å². The van der Waals surface area contributed by atoms with Gasteiger partial charge in [0.1, 0.15) is 5.70 Å². The number of alkyl halides is 4. The van der Waals surface area contributed by atoms with Gasteiger partial charge in [-0.15, -0.1) is 0 Å². The summed E-state index contributed by atoms with van der Waals surface area (Å²) >= 11 is 0. The van der Waals surface area contributed by atoms with Crippen LogP contribution in [0.25, 0.3) is 5.57 Å². The number of hydrogen-bond acceptors (Lipinski definition) is 3. The molecule has 9 heteroatoms. The van der Waals surface area contributed by atoms with Crippen LogP contribution in [-0.4, -0.2) is 84.1 Å². The third-order valence-corrected chi connectivity index (χ3v) is 7.97. The second kappa shape index (κ2) is 18.1. The van der Waals surface area contributed by atoms with Gasteiger partial charge >= 0.3 is 12.1 Å². The first-order chi connectivity index (χ1) is 21.1. The van der Waals surface area contributed by atoms with Crippen LogP contribution in [0.5, 0.6) is 0 Å². The summed E-state index contributed by atoms with van der Waals surface area (Å²) in [6.07, 6.45) is 1.94. The zero-order valence-electron chi connectivity index (χ0n) is 27.5. The van der Waals surface area contributed by atoms with Gasteiger partial charge in [-0.3, -0.25) is 4.39 Å². The standard InChI is InChI=1S/C32H34F4N2O2.2C2H6.Na/c1-20-14-26(17-29(37-20)32(34,35)36)27-5-2-4-24-16-25(31(39)40)10-11-28(24)30(27)23-8-6-21(7-9-23)15-22-18-38(19-22)13-3-12-33;2*1-2;/h6-11,14,16-17,20,22,37H,2-5,12-13,15,18-19H2,1H3,(H,39,40);2*1-2H3;.